The number of hydrogen-bond acceptors (Lipinski definition) is 2. The molecule has 2 nitrogen and oxygen atoms in total. The van der Waals surface area contributed by atoms with Gasteiger partial charge in [0.25, 0.3) is 0 Å². The van der Waals surface area contributed by atoms with Crippen LogP contribution in [0, 0.1) is 0 Å². The lowest BCUT2D eigenvalue weighted by Crippen LogP contribution is -1.98. The maximum absolute atomic E-state index is 5.87. The van der Waals surface area contributed by atoms with Crippen LogP contribution in [-0.2, 0) is 0 Å². The molecule has 2 rings (SSSR count). The average molecular weight is 263 g/mol. The summed E-state index contributed by atoms with van der Waals surface area (Å²) in [7, 11) is 0. The van der Waals surface area contributed by atoms with E-state index in [9.17, 15) is 0 Å². The van der Waals surface area contributed by atoms with Gasteiger partial charge in [-0.2, -0.15) is 0 Å². The normalized spacial score (nSPS) is 12.8. The Balaban J connectivity index is 2.30. The van der Waals surface area contributed by atoms with Crippen molar-refractivity contribution in [3.8, 4) is 0 Å². The molecule has 0 saturated heterocycles. The van der Waals surface area contributed by atoms with Gasteiger partial charge in [-0.05, 0) is 30.4 Å². The number of nitrogens with zero attached hydrogens (tertiary/aromatic N) is 2. The third kappa shape index (κ3) is 2.99. The number of rotatable bonds is 5. The predicted octanol–water partition coefficient (Wildman–Crippen LogP) is 4.97. The van der Waals surface area contributed by atoms with Gasteiger partial charge in [0, 0.05) is 23.8 Å². The number of halogens is 1. The van der Waals surface area contributed by atoms with Gasteiger partial charge < -0.3 is 0 Å². The molecule has 0 bridgehead atoms. The van der Waals surface area contributed by atoms with E-state index in [1.165, 1.54) is 24.8 Å². The Hall–Kier alpha value is -1.15. The highest BCUT2D eigenvalue weighted by molar-refractivity contribution is 6.29. The second kappa shape index (κ2) is 6.14. The summed E-state index contributed by atoms with van der Waals surface area (Å²) in [6.07, 6.45) is 8.71. The van der Waals surface area contributed by atoms with E-state index >= 15 is 0 Å². The van der Waals surface area contributed by atoms with E-state index in [-0.39, 0.29) is 0 Å². The van der Waals surface area contributed by atoms with Gasteiger partial charge in [0.15, 0.2) is 0 Å². The monoisotopic (exact) mass is 262 g/mol. The van der Waals surface area contributed by atoms with E-state index in [0.29, 0.717) is 11.1 Å². The molecule has 2 aromatic heterocycles. The van der Waals surface area contributed by atoms with Crippen LogP contribution in [-0.4, -0.2) is 9.97 Å². The summed E-state index contributed by atoms with van der Waals surface area (Å²) in [6, 6.07) is 4.02. The molecule has 0 saturated carbocycles. The van der Waals surface area contributed by atoms with Crippen LogP contribution >= 0.6 is 11.6 Å². The van der Waals surface area contributed by atoms with E-state index in [4.69, 9.17) is 11.6 Å². The lowest BCUT2D eigenvalue weighted by Gasteiger charge is -2.15. The summed E-state index contributed by atoms with van der Waals surface area (Å²) in [5.41, 5.74) is 2.24. The summed E-state index contributed by atoms with van der Waals surface area (Å²) in [5, 5.41) is 1.58. The van der Waals surface area contributed by atoms with Crippen LogP contribution in [0.3, 0.4) is 0 Å². The highest BCUT2D eigenvalue weighted by Crippen LogP contribution is 2.27. The maximum atomic E-state index is 5.87. The minimum absolute atomic E-state index is 0.501. The molecule has 0 aliphatic carbocycles. The van der Waals surface area contributed by atoms with Crippen molar-refractivity contribution in [2.45, 2.75) is 45.4 Å². The van der Waals surface area contributed by atoms with E-state index in [2.05, 4.69) is 29.9 Å². The molecule has 0 spiro atoms. The van der Waals surface area contributed by atoms with Crippen molar-refractivity contribution in [2.24, 2.45) is 0 Å². The number of fused-ring (bicyclic) bond motifs is 1. The van der Waals surface area contributed by atoms with Crippen LogP contribution in [0.2, 0.25) is 5.15 Å². The number of aromatic nitrogens is 2. The number of hydrogen-bond donors (Lipinski definition) is 0. The Labute approximate surface area is 113 Å². The largest absolute Gasteiger partial charge is 0.256 e. The second-order valence-corrected chi connectivity index (χ2v) is 5.10. The zero-order valence-corrected chi connectivity index (χ0v) is 11.7. The van der Waals surface area contributed by atoms with Gasteiger partial charge in [0.1, 0.15) is 5.15 Å². The van der Waals surface area contributed by atoms with Gasteiger partial charge in [-0.25, -0.2) is 4.98 Å². The number of pyridine rings is 2. The van der Waals surface area contributed by atoms with E-state index in [1.54, 1.807) is 6.20 Å². The average Bonchev–Trinajstić information content (AvgIpc) is 2.39. The Morgan fingerprint density at radius 3 is 2.72 bits per heavy atom. The van der Waals surface area contributed by atoms with Crippen LogP contribution in [0.25, 0.3) is 10.9 Å². The number of unbranched alkanes of at least 4 members (excludes halogenated alkanes) is 1. The summed E-state index contributed by atoms with van der Waals surface area (Å²) in [4.78, 5) is 8.62. The van der Waals surface area contributed by atoms with Gasteiger partial charge in [0.05, 0.1) is 5.52 Å². The Morgan fingerprint density at radius 1 is 1.17 bits per heavy atom. The maximum Gasteiger partial charge on any atom is 0.131 e. The third-order valence-corrected chi connectivity index (χ3v) is 3.63. The molecule has 1 unspecified atom stereocenters. The quantitative estimate of drug-likeness (QED) is 0.711. The van der Waals surface area contributed by atoms with Gasteiger partial charge in [-0.15, -0.1) is 0 Å². The second-order valence-electron chi connectivity index (χ2n) is 4.72. The van der Waals surface area contributed by atoms with Crippen molar-refractivity contribution < 1.29 is 0 Å². The molecule has 0 N–H and O–H groups in total. The zero-order chi connectivity index (χ0) is 13.0. The van der Waals surface area contributed by atoms with Crippen molar-refractivity contribution in [3.63, 3.8) is 0 Å². The summed E-state index contributed by atoms with van der Waals surface area (Å²) < 4.78 is 0. The first-order valence-electron chi connectivity index (χ1n) is 6.65. The fourth-order valence-corrected chi connectivity index (χ4v) is 2.45. The molecule has 0 aromatic carbocycles. The minimum atomic E-state index is 0.501. The summed E-state index contributed by atoms with van der Waals surface area (Å²) >= 11 is 5.87. The molecule has 3 heteroatoms. The highest BCUT2D eigenvalue weighted by atomic mass is 35.5. The summed E-state index contributed by atoms with van der Waals surface area (Å²) in [6.45, 7) is 4.47. The lowest BCUT2D eigenvalue weighted by molar-refractivity contribution is 0.569. The third-order valence-electron chi connectivity index (χ3n) is 3.42. The predicted molar refractivity (Wildman–Crippen MR) is 77.1 cm³/mol. The minimum Gasteiger partial charge on any atom is -0.256 e. The van der Waals surface area contributed by atoms with E-state index < -0.39 is 0 Å². The fourth-order valence-electron chi connectivity index (χ4n) is 2.29. The molecule has 2 heterocycles. The molecular weight excluding hydrogens is 244 g/mol. The Kier molecular flexibility index (Phi) is 4.54. The van der Waals surface area contributed by atoms with Gasteiger partial charge in [0.2, 0.25) is 0 Å². The van der Waals surface area contributed by atoms with Gasteiger partial charge in [-0.3, -0.25) is 4.98 Å². The smallest absolute Gasteiger partial charge is 0.131 e. The van der Waals surface area contributed by atoms with Crippen molar-refractivity contribution in [2.75, 3.05) is 0 Å². The topological polar surface area (TPSA) is 25.8 Å². The molecule has 0 radical (unpaired) electrons. The molecule has 0 amide bonds. The van der Waals surface area contributed by atoms with Crippen LogP contribution in [0.4, 0.5) is 0 Å². The molecule has 0 aliphatic heterocycles. The fraction of sp³-hybridized carbons (Fsp3) is 0.467. The van der Waals surface area contributed by atoms with Crippen molar-refractivity contribution in [1.82, 2.24) is 9.97 Å². The zero-order valence-electron chi connectivity index (χ0n) is 11.0. The molecular formula is C15H19ClN2. The molecule has 0 fully saturated rings. The SMILES string of the molecule is CCCCC(CC)c1cnc2cc(Cl)ncc2c1. The van der Waals surface area contributed by atoms with E-state index in [1.807, 2.05) is 12.3 Å². The molecule has 0 aliphatic rings. The highest BCUT2D eigenvalue weighted by Gasteiger charge is 2.10. The first-order valence-corrected chi connectivity index (χ1v) is 7.03. The first kappa shape index (κ1) is 13.3. The summed E-state index contributed by atoms with van der Waals surface area (Å²) in [5.74, 6) is 0.609. The standard InChI is InChI=1S/C15H19ClN2/c1-3-5-6-11(4-2)12-7-13-10-18-15(16)8-14(13)17-9-12/h7-11H,3-6H2,1-2H3. The first-order chi connectivity index (χ1) is 8.74. The molecule has 96 valence electrons. The van der Waals surface area contributed by atoms with E-state index in [0.717, 1.165) is 17.3 Å². The Bertz CT molecular complexity index is 525. The van der Waals surface area contributed by atoms with Crippen LogP contribution in [0.1, 0.15) is 51.0 Å². The molecule has 1 atom stereocenters. The molecule has 2 aromatic rings. The van der Waals surface area contributed by atoms with Gasteiger partial charge >= 0.3 is 0 Å². The van der Waals surface area contributed by atoms with Crippen LogP contribution in [0.5, 0.6) is 0 Å². The van der Waals surface area contributed by atoms with Crippen LogP contribution in [0.15, 0.2) is 24.5 Å². The van der Waals surface area contributed by atoms with Crippen molar-refractivity contribution in [1.29, 1.82) is 0 Å². The van der Waals surface area contributed by atoms with Crippen LogP contribution < -0.4 is 0 Å². The van der Waals surface area contributed by atoms with Crippen molar-refractivity contribution >= 4 is 22.5 Å². The molecule has 18 heavy (non-hydrogen) atoms. The Morgan fingerprint density at radius 2 is 2.00 bits per heavy atom. The van der Waals surface area contributed by atoms with Gasteiger partial charge in [-0.1, -0.05) is 38.3 Å². The van der Waals surface area contributed by atoms with Crippen molar-refractivity contribution in [3.05, 3.63) is 35.2 Å². The lowest BCUT2D eigenvalue weighted by atomic mass is 9.92.